The van der Waals surface area contributed by atoms with Crippen LogP contribution in [0.5, 0.6) is 0 Å². The zero-order valence-corrected chi connectivity index (χ0v) is 12.2. The summed E-state index contributed by atoms with van der Waals surface area (Å²) in [7, 11) is 0. The Morgan fingerprint density at radius 1 is 1.33 bits per heavy atom. The van der Waals surface area contributed by atoms with Crippen LogP contribution in [-0.4, -0.2) is 28.6 Å². The molecule has 0 fully saturated rings. The molecule has 1 unspecified atom stereocenters. The van der Waals surface area contributed by atoms with Crippen LogP contribution in [0.4, 0.5) is 0 Å². The quantitative estimate of drug-likeness (QED) is 0.856. The molecule has 0 aliphatic heterocycles. The van der Waals surface area contributed by atoms with Crippen LogP contribution in [0.25, 0.3) is 11.3 Å². The number of aliphatic hydroxyl groups is 1. The second-order valence-corrected chi connectivity index (χ2v) is 5.44. The molecule has 2 N–H and O–H groups in total. The lowest BCUT2D eigenvalue weighted by Crippen LogP contribution is -2.32. The first-order valence-corrected chi connectivity index (χ1v) is 7.01. The van der Waals surface area contributed by atoms with Gasteiger partial charge in [0.1, 0.15) is 0 Å². The topological polar surface area (TPSA) is 75.4 Å². The number of amides is 1. The van der Waals surface area contributed by atoms with Gasteiger partial charge in [0.05, 0.1) is 12.3 Å². The highest BCUT2D eigenvalue weighted by molar-refractivity contribution is 5.94. The number of nitrogens with one attached hydrogen (secondary N) is 1. The third-order valence-corrected chi connectivity index (χ3v) is 3.11. The standard InChI is InChI=1S/C16H20N2O3/c1-11(2)7-14(19)8-18-16(20)13-5-3-12(4-6-13)15-9-17-10-21-15/h3-6,9-11,14,19H,7-8H2,1-2H3,(H,18,20). The van der Waals surface area contributed by atoms with E-state index in [0.717, 1.165) is 5.56 Å². The number of hydrogen-bond donors (Lipinski definition) is 2. The maximum atomic E-state index is 12.0. The number of oxazole rings is 1. The summed E-state index contributed by atoms with van der Waals surface area (Å²) in [6.45, 7) is 4.33. The van der Waals surface area contributed by atoms with E-state index in [0.29, 0.717) is 23.7 Å². The molecule has 1 aromatic heterocycles. The zero-order chi connectivity index (χ0) is 15.2. The number of carbonyl (C=O) groups excluding carboxylic acids is 1. The van der Waals surface area contributed by atoms with Gasteiger partial charge in [0.25, 0.3) is 5.91 Å². The Hall–Kier alpha value is -2.14. The van der Waals surface area contributed by atoms with Crippen molar-refractivity contribution < 1.29 is 14.3 Å². The van der Waals surface area contributed by atoms with Crippen molar-refractivity contribution in [3.8, 4) is 11.3 Å². The minimum Gasteiger partial charge on any atom is -0.444 e. The first-order valence-electron chi connectivity index (χ1n) is 7.01. The van der Waals surface area contributed by atoms with Crippen LogP contribution in [0, 0.1) is 5.92 Å². The molecule has 1 atom stereocenters. The summed E-state index contributed by atoms with van der Waals surface area (Å²) in [5, 5.41) is 12.5. The summed E-state index contributed by atoms with van der Waals surface area (Å²) in [4.78, 5) is 15.8. The van der Waals surface area contributed by atoms with E-state index in [9.17, 15) is 9.90 Å². The summed E-state index contributed by atoms with van der Waals surface area (Å²) in [5.74, 6) is 0.870. The molecular formula is C16H20N2O3. The average Bonchev–Trinajstić information content (AvgIpc) is 2.98. The van der Waals surface area contributed by atoms with E-state index >= 15 is 0 Å². The molecule has 0 aliphatic carbocycles. The van der Waals surface area contributed by atoms with Gasteiger partial charge in [-0.15, -0.1) is 0 Å². The second-order valence-electron chi connectivity index (χ2n) is 5.44. The van der Waals surface area contributed by atoms with Crippen molar-refractivity contribution in [3.63, 3.8) is 0 Å². The fourth-order valence-corrected chi connectivity index (χ4v) is 2.08. The van der Waals surface area contributed by atoms with Gasteiger partial charge in [-0.05, 0) is 24.5 Å². The molecule has 112 valence electrons. The van der Waals surface area contributed by atoms with Crippen LogP contribution >= 0.6 is 0 Å². The second kappa shape index (κ2) is 7.04. The van der Waals surface area contributed by atoms with Crippen molar-refractivity contribution in [1.82, 2.24) is 10.3 Å². The van der Waals surface area contributed by atoms with E-state index < -0.39 is 6.10 Å². The Kier molecular flexibility index (Phi) is 5.11. The number of hydrogen-bond acceptors (Lipinski definition) is 4. The molecule has 5 nitrogen and oxygen atoms in total. The highest BCUT2D eigenvalue weighted by Crippen LogP contribution is 2.18. The third-order valence-electron chi connectivity index (χ3n) is 3.11. The van der Waals surface area contributed by atoms with Crippen molar-refractivity contribution >= 4 is 5.91 Å². The van der Waals surface area contributed by atoms with Crippen LogP contribution in [0.2, 0.25) is 0 Å². The maximum Gasteiger partial charge on any atom is 0.251 e. The van der Waals surface area contributed by atoms with Crippen molar-refractivity contribution in [1.29, 1.82) is 0 Å². The predicted molar refractivity (Wildman–Crippen MR) is 79.7 cm³/mol. The molecular weight excluding hydrogens is 268 g/mol. The molecule has 0 saturated carbocycles. The Morgan fingerprint density at radius 2 is 2.05 bits per heavy atom. The third kappa shape index (κ3) is 4.43. The van der Waals surface area contributed by atoms with Crippen LogP contribution in [0.15, 0.2) is 41.3 Å². The summed E-state index contributed by atoms with van der Waals surface area (Å²) >= 11 is 0. The first kappa shape index (κ1) is 15.3. The van der Waals surface area contributed by atoms with Gasteiger partial charge in [-0.2, -0.15) is 0 Å². The van der Waals surface area contributed by atoms with Gasteiger partial charge in [0.2, 0.25) is 0 Å². The fraction of sp³-hybridized carbons (Fsp3) is 0.375. The molecule has 21 heavy (non-hydrogen) atoms. The van der Waals surface area contributed by atoms with Gasteiger partial charge < -0.3 is 14.8 Å². The first-order chi connectivity index (χ1) is 10.1. The van der Waals surface area contributed by atoms with Crippen molar-refractivity contribution in [2.45, 2.75) is 26.4 Å². The minimum atomic E-state index is -0.512. The molecule has 0 spiro atoms. The van der Waals surface area contributed by atoms with Gasteiger partial charge >= 0.3 is 0 Å². The summed E-state index contributed by atoms with van der Waals surface area (Å²) < 4.78 is 5.19. The number of carbonyl (C=O) groups is 1. The lowest BCUT2D eigenvalue weighted by atomic mass is 10.1. The minimum absolute atomic E-state index is 0.193. The molecule has 5 heteroatoms. The summed E-state index contributed by atoms with van der Waals surface area (Å²) in [5.41, 5.74) is 1.42. The molecule has 2 aromatic rings. The SMILES string of the molecule is CC(C)CC(O)CNC(=O)c1ccc(-c2cnco2)cc1. The highest BCUT2D eigenvalue weighted by Gasteiger charge is 2.11. The van der Waals surface area contributed by atoms with Crippen LogP contribution in [0.3, 0.4) is 0 Å². The smallest absolute Gasteiger partial charge is 0.251 e. The van der Waals surface area contributed by atoms with E-state index in [4.69, 9.17) is 4.42 Å². The maximum absolute atomic E-state index is 12.0. The summed E-state index contributed by atoms with van der Waals surface area (Å²) in [6.07, 6.45) is 3.15. The molecule has 1 aromatic carbocycles. The van der Waals surface area contributed by atoms with Crippen LogP contribution in [0.1, 0.15) is 30.6 Å². The Labute approximate surface area is 124 Å². The lowest BCUT2D eigenvalue weighted by Gasteiger charge is -2.13. The van der Waals surface area contributed by atoms with Gasteiger partial charge in [0.15, 0.2) is 12.2 Å². The Morgan fingerprint density at radius 3 is 2.62 bits per heavy atom. The van der Waals surface area contributed by atoms with E-state index in [1.54, 1.807) is 30.5 Å². The lowest BCUT2D eigenvalue weighted by molar-refractivity contribution is 0.0900. The number of aromatic nitrogens is 1. The van der Waals surface area contributed by atoms with E-state index in [-0.39, 0.29) is 12.5 Å². The number of benzene rings is 1. The monoisotopic (exact) mass is 288 g/mol. The average molecular weight is 288 g/mol. The number of aliphatic hydroxyl groups excluding tert-OH is 1. The molecule has 1 heterocycles. The Bertz CT molecular complexity index is 562. The molecule has 0 bridgehead atoms. The normalized spacial score (nSPS) is 12.4. The predicted octanol–water partition coefficient (Wildman–Crippen LogP) is 2.48. The molecule has 0 aliphatic rings. The number of rotatable bonds is 6. The largest absolute Gasteiger partial charge is 0.444 e. The molecule has 1 amide bonds. The van der Waals surface area contributed by atoms with Crippen molar-refractivity contribution in [2.24, 2.45) is 5.92 Å². The van der Waals surface area contributed by atoms with E-state index in [1.165, 1.54) is 6.39 Å². The fourth-order valence-electron chi connectivity index (χ4n) is 2.08. The van der Waals surface area contributed by atoms with Gasteiger partial charge in [0, 0.05) is 17.7 Å². The van der Waals surface area contributed by atoms with Crippen LogP contribution < -0.4 is 5.32 Å². The summed E-state index contributed by atoms with van der Waals surface area (Å²) in [6, 6.07) is 7.06. The van der Waals surface area contributed by atoms with Crippen LogP contribution in [-0.2, 0) is 0 Å². The van der Waals surface area contributed by atoms with Crippen molar-refractivity contribution in [2.75, 3.05) is 6.54 Å². The molecule has 0 radical (unpaired) electrons. The van der Waals surface area contributed by atoms with Crippen molar-refractivity contribution in [3.05, 3.63) is 42.4 Å². The zero-order valence-electron chi connectivity index (χ0n) is 12.2. The highest BCUT2D eigenvalue weighted by atomic mass is 16.3. The Balaban J connectivity index is 1.91. The molecule has 2 rings (SSSR count). The van der Waals surface area contributed by atoms with Gasteiger partial charge in [-0.3, -0.25) is 4.79 Å². The molecule has 0 saturated heterocycles. The van der Waals surface area contributed by atoms with Gasteiger partial charge in [-0.1, -0.05) is 26.0 Å². The van der Waals surface area contributed by atoms with E-state index in [2.05, 4.69) is 10.3 Å². The number of nitrogens with zero attached hydrogens (tertiary/aromatic N) is 1. The van der Waals surface area contributed by atoms with Gasteiger partial charge in [-0.25, -0.2) is 4.98 Å². The van der Waals surface area contributed by atoms with E-state index in [1.807, 2.05) is 13.8 Å².